The predicted octanol–water partition coefficient (Wildman–Crippen LogP) is 2.69. The highest BCUT2D eigenvalue weighted by atomic mass is 16.6. The number of hydrogen-bond donors (Lipinski definition) is 1. The Morgan fingerprint density at radius 2 is 1.94 bits per heavy atom. The molecule has 2 heterocycles. The summed E-state index contributed by atoms with van der Waals surface area (Å²) in [5, 5.41) is 2.62. The standard InChI is InChI=1S/C25H30N2O8/c1-5-19-22(35-17-9-7-6-8-10-17)15(2)33-25(30)18(12-14-32-19)27-24(29)21-23(34-16(3)28)20(31-4)11-13-26-21/h6-11,13,15,18-19,22H,5,12,14H2,1-4H3,(H,27,29)/t15-,18-,19+,22-/m0/s1. The monoisotopic (exact) mass is 486 g/mol. The molecule has 0 unspecified atom stereocenters. The van der Waals surface area contributed by atoms with Crippen molar-refractivity contribution < 1.29 is 38.1 Å². The molecule has 0 saturated carbocycles. The number of cyclic esters (lactones) is 1. The van der Waals surface area contributed by atoms with E-state index in [1.165, 1.54) is 26.3 Å². The lowest BCUT2D eigenvalue weighted by atomic mass is 10.1. The van der Waals surface area contributed by atoms with Gasteiger partial charge in [-0.2, -0.15) is 0 Å². The molecule has 188 valence electrons. The Morgan fingerprint density at radius 3 is 2.60 bits per heavy atom. The SMILES string of the molecule is CC[C@H]1OCC[C@H](NC(=O)c2nccc(OC)c2OC(C)=O)C(=O)O[C@@H](C)[C@@H]1Oc1ccccc1. The molecule has 1 aromatic heterocycles. The molecule has 1 aromatic carbocycles. The topological polar surface area (TPSA) is 122 Å². The number of ether oxygens (including phenoxy) is 5. The van der Waals surface area contributed by atoms with E-state index in [9.17, 15) is 14.4 Å². The molecule has 1 amide bonds. The van der Waals surface area contributed by atoms with Crippen LogP contribution in [0.2, 0.25) is 0 Å². The van der Waals surface area contributed by atoms with E-state index in [0.29, 0.717) is 12.2 Å². The van der Waals surface area contributed by atoms with Crippen LogP contribution in [0.1, 0.15) is 44.1 Å². The predicted molar refractivity (Wildman–Crippen MR) is 124 cm³/mol. The number of benzene rings is 1. The molecule has 0 bridgehead atoms. The lowest BCUT2D eigenvalue weighted by molar-refractivity contribution is -0.157. The van der Waals surface area contributed by atoms with E-state index in [-0.39, 0.29) is 36.3 Å². The number of hydrogen-bond acceptors (Lipinski definition) is 9. The number of rotatable bonds is 7. The fourth-order valence-electron chi connectivity index (χ4n) is 3.72. The quantitative estimate of drug-likeness (QED) is 0.589. The average Bonchev–Trinajstić information content (AvgIpc) is 2.89. The summed E-state index contributed by atoms with van der Waals surface area (Å²) >= 11 is 0. The summed E-state index contributed by atoms with van der Waals surface area (Å²) in [7, 11) is 1.37. The molecule has 2 aromatic rings. The van der Waals surface area contributed by atoms with Crippen LogP contribution in [-0.2, 0) is 19.1 Å². The minimum atomic E-state index is -1.02. The maximum atomic E-state index is 13.0. The Morgan fingerprint density at radius 1 is 1.20 bits per heavy atom. The van der Waals surface area contributed by atoms with Gasteiger partial charge < -0.3 is 29.0 Å². The van der Waals surface area contributed by atoms with Crippen LogP contribution in [0.15, 0.2) is 42.6 Å². The third-order valence-electron chi connectivity index (χ3n) is 5.43. The Labute approximate surface area is 203 Å². The molecule has 1 aliphatic rings. The summed E-state index contributed by atoms with van der Waals surface area (Å²) < 4.78 is 28.2. The number of amides is 1. The summed E-state index contributed by atoms with van der Waals surface area (Å²) in [6, 6.07) is 9.66. The van der Waals surface area contributed by atoms with Crippen molar-refractivity contribution in [1.29, 1.82) is 0 Å². The van der Waals surface area contributed by atoms with Gasteiger partial charge in [0.2, 0.25) is 5.75 Å². The molecule has 1 aliphatic heterocycles. The molecular formula is C25H30N2O8. The number of pyridine rings is 1. The Bertz CT molecular complexity index is 1030. The van der Waals surface area contributed by atoms with Gasteiger partial charge in [-0.25, -0.2) is 9.78 Å². The first-order chi connectivity index (χ1) is 16.8. The number of carbonyl (C=O) groups excluding carboxylic acids is 3. The van der Waals surface area contributed by atoms with Crippen LogP contribution in [0.5, 0.6) is 17.2 Å². The fraction of sp³-hybridized carbons (Fsp3) is 0.440. The van der Waals surface area contributed by atoms with Gasteiger partial charge in [0.25, 0.3) is 5.91 Å². The second kappa shape index (κ2) is 12.2. The summed E-state index contributed by atoms with van der Waals surface area (Å²) in [4.78, 5) is 41.6. The van der Waals surface area contributed by atoms with Gasteiger partial charge in [-0.15, -0.1) is 0 Å². The van der Waals surface area contributed by atoms with Crippen LogP contribution < -0.4 is 19.5 Å². The van der Waals surface area contributed by atoms with Crippen molar-refractivity contribution in [3.05, 3.63) is 48.3 Å². The zero-order valence-corrected chi connectivity index (χ0v) is 20.2. The van der Waals surface area contributed by atoms with Crippen LogP contribution in [0.4, 0.5) is 0 Å². The van der Waals surface area contributed by atoms with E-state index in [1.807, 2.05) is 37.3 Å². The van der Waals surface area contributed by atoms with Crippen molar-refractivity contribution in [3.8, 4) is 17.2 Å². The molecule has 4 atom stereocenters. The normalized spacial score (nSPS) is 22.6. The van der Waals surface area contributed by atoms with Crippen molar-refractivity contribution in [3.63, 3.8) is 0 Å². The second-order valence-corrected chi connectivity index (χ2v) is 7.95. The van der Waals surface area contributed by atoms with Gasteiger partial charge in [0.15, 0.2) is 17.5 Å². The van der Waals surface area contributed by atoms with E-state index in [1.54, 1.807) is 6.92 Å². The van der Waals surface area contributed by atoms with Crippen LogP contribution in [-0.4, -0.2) is 60.9 Å². The molecule has 10 nitrogen and oxygen atoms in total. The fourth-order valence-corrected chi connectivity index (χ4v) is 3.72. The number of nitrogens with zero attached hydrogens (tertiary/aromatic N) is 1. The van der Waals surface area contributed by atoms with E-state index in [0.717, 1.165) is 0 Å². The summed E-state index contributed by atoms with van der Waals surface area (Å²) in [5.74, 6) is -1.36. The molecule has 1 saturated heterocycles. The maximum absolute atomic E-state index is 13.0. The second-order valence-electron chi connectivity index (χ2n) is 7.95. The van der Waals surface area contributed by atoms with Crippen LogP contribution in [0.3, 0.4) is 0 Å². The third-order valence-corrected chi connectivity index (χ3v) is 5.43. The zero-order valence-electron chi connectivity index (χ0n) is 20.2. The average molecular weight is 487 g/mol. The summed E-state index contributed by atoms with van der Waals surface area (Å²) in [6.45, 7) is 5.07. The highest BCUT2D eigenvalue weighted by Gasteiger charge is 2.36. The van der Waals surface area contributed by atoms with Gasteiger partial charge >= 0.3 is 11.9 Å². The lowest BCUT2D eigenvalue weighted by Gasteiger charge is -2.30. The van der Waals surface area contributed by atoms with Crippen molar-refractivity contribution in [1.82, 2.24) is 10.3 Å². The van der Waals surface area contributed by atoms with Crippen molar-refractivity contribution >= 4 is 17.8 Å². The van der Waals surface area contributed by atoms with E-state index < -0.39 is 36.1 Å². The largest absolute Gasteiger partial charge is 0.493 e. The van der Waals surface area contributed by atoms with Crippen LogP contribution in [0, 0.1) is 0 Å². The number of methoxy groups -OCH3 is 1. The highest BCUT2D eigenvalue weighted by molar-refractivity contribution is 5.98. The number of esters is 2. The number of aromatic nitrogens is 1. The summed E-state index contributed by atoms with van der Waals surface area (Å²) in [6.07, 6.45) is 0.607. The van der Waals surface area contributed by atoms with Gasteiger partial charge in [0.1, 0.15) is 17.9 Å². The lowest BCUT2D eigenvalue weighted by Crippen LogP contribution is -2.46. The minimum absolute atomic E-state index is 0.136. The van der Waals surface area contributed by atoms with Gasteiger partial charge in [-0.3, -0.25) is 9.59 Å². The zero-order chi connectivity index (χ0) is 25.4. The maximum Gasteiger partial charge on any atom is 0.329 e. The van der Waals surface area contributed by atoms with Crippen LogP contribution >= 0.6 is 0 Å². The van der Waals surface area contributed by atoms with E-state index >= 15 is 0 Å². The number of carbonyl (C=O) groups is 3. The molecule has 35 heavy (non-hydrogen) atoms. The number of para-hydroxylation sites is 1. The Kier molecular flexibility index (Phi) is 9.02. The molecule has 10 heteroatoms. The van der Waals surface area contributed by atoms with Gasteiger partial charge in [-0.1, -0.05) is 25.1 Å². The van der Waals surface area contributed by atoms with Crippen molar-refractivity contribution in [2.45, 2.75) is 58.0 Å². The molecule has 0 radical (unpaired) electrons. The van der Waals surface area contributed by atoms with Crippen molar-refractivity contribution in [2.24, 2.45) is 0 Å². The minimum Gasteiger partial charge on any atom is -0.493 e. The smallest absolute Gasteiger partial charge is 0.329 e. The van der Waals surface area contributed by atoms with E-state index in [2.05, 4.69) is 10.3 Å². The molecular weight excluding hydrogens is 456 g/mol. The van der Waals surface area contributed by atoms with Gasteiger partial charge in [-0.05, 0) is 25.5 Å². The van der Waals surface area contributed by atoms with E-state index in [4.69, 9.17) is 23.7 Å². The first-order valence-electron chi connectivity index (χ1n) is 11.4. The highest BCUT2D eigenvalue weighted by Crippen LogP contribution is 2.30. The molecule has 1 N–H and O–H groups in total. The van der Waals surface area contributed by atoms with Crippen molar-refractivity contribution in [2.75, 3.05) is 13.7 Å². The molecule has 3 rings (SSSR count). The third kappa shape index (κ3) is 6.69. The summed E-state index contributed by atoms with van der Waals surface area (Å²) in [5.41, 5.74) is -0.196. The van der Waals surface area contributed by atoms with Crippen LogP contribution in [0.25, 0.3) is 0 Å². The first kappa shape index (κ1) is 26.0. The Balaban J connectivity index is 1.78. The molecule has 0 spiro atoms. The molecule has 1 fully saturated rings. The number of nitrogens with one attached hydrogen (secondary N) is 1. The first-order valence-corrected chi connectivity index (χ1v) is 11.4. The van der Waals surface area contributed by atoms with Gasteiger partial charge in [0, 0.05) is 32.2 Å². The van der Waals surface area contributed by atoms with Gasteiger partial charge in [0.05, 0.1) is 13.2 Å². The Hall–Kier alpha value is -3.66. The molecule has 0 aliphatic carbocycles.